The van der Waals surface area contributed by atoms with Crippen LogP contribution in [-0.4, -0.2) is 41.1 Å². The number of hydrogen-bond donors (Lipinski definition) is 3. The molecule has 5 nitrogen and oxygen atoms in total. The zero-order valence-corrected chi connectivity index (χ0v) is 9.84. The van der Waals surface area contributed by atoms with E-state index in [2.05, 4.69) is 5.32 Å². The van der Waals surface area contributed by atoms with Gasteiger partial charge in [0.1, 0.15) is 6.04 Å². The zero-order chi connectivity index (χ0) is 11.8. The van der Waals surface area contributed by atoms with E-state index in [4.69, 9.17) is 10.8 Å². The fraction of sp³-hybridized carbons (Fsp3) is 0.778. The minimum Gasteiger partial charge on any atom is -0.480 e. The molecule has 0 aromatic carbocycles. The van der Waals surface area contributed by atoms with Crippen molar-refractivity contribution in [2.45, 2.75) is 31.8 Å². The summed E-state index contributed by atoms with van der Waals surface area (Å²) in [6.45, 7) is 1.78. The van der Waals surface area contributed by atoms with Gasteiger partial charge in [-0.25, -0.2) is 4.79 Å². The molecule has 15 heavy (non-hydrogen) atoms. The maximum absolute atomic E-state index is 11.3. The fourth-order valence-corrected chi connectivity index (χ4v) is 1.43. The Morgan fingerprint density at radius 1 is 1.53 bits per heavy atom. The molecule has 0 aromatic rings. The zero-order valence-electron chi connectivity index (χ0n) is 9.03. The Hall–Kier alpha value is -0.750. The Morgan fingerprint density at radius 2 is 2.13 bits per heavy atom. The van der Waals surface area contributed by atoms with E-state index in [0.717, 1.165) is 0 Å². The molecular formula is C9H18N2O3S. The molecule has 0 saturated heterocycles. The van der Waals surface area contributed by atoms with Crippen molar-refractivity contribution >= 4 is 23.6 Å². The topological polar surface area (TPSA) is 92.4 Å². The standard InChI is InChI=1S/C9H18N2O3S/c1-3-6(10)8(12)11-7(9(13)14)4-5-15-2/h6-7H,3-5,10H2,1-2H3,(H,11,12)(H,13,14)/t6?,7-/m0/s1. The van der Waals surface area contributed by atoms with Gasteiger partial charge in [-0.3, -0.25) is 4.79 Å². The van der Waals surface area contributed by atoms with Crippen LogP contribution in [0.3, 0.4) is 0 Å². The molecule has 0 radical (unpaired) electrons. The third-order valence-corrected chi connectivity index (χ3v) is 2.65. The van der Waals surface area contributed by atoms with Crippen LogP contribution in [0.1, 0.15) is 19.8 Å². The van der Waals surface area contributed by atoms with Crippen molar-refractivity contribution in [1.29, 1.82) is 0 Å². The van der Waals surface area contributed by atoms with Crippen molar-refractivity contribution in [3.05, 3.63) is 0 Å². The van der Waals surface area contributed by atoms with Crippen molar-refractivity contribution in [3.8, 4) is 0 Å². The fourth-order valence-electron chi connectivity index (χ4n) is 0.957. The van der Waals surface area contributed by atoms with Crippen LogP contribution in [0, 0.1) is 0 Å². The van der Waals surface area contributed by atoms with Gasteiger partial charge in [0.15, 0.2) is 0 Å². The second kappa shape index (κ2) is 7.53. The highest BCUT2D eigenvalue weighted by Crippen LogP contribution is 2.01. The molecule has 1 unspecified atom stereocenters. The second-order valence-electron chi connectivity index (χ2n) is 3.20. The molecule has 0 aliphatic heterocycles. The lowest BCUT2D eigenvalue weighted by Gasteiger charge is -2.16. The van der Waals surface area contributed by atoms with Crippen LogP contribution in [0.5, 0.6) is 0 Å². The van der Waals surface area contributed by atoms with Crippen LogP contribution in [0.15, 0.2) is 0 Å². The lowest BCUT2D eigenvalue weighted by atomic mass is 10.2. The summed E-state index contributed by atoms with van der Waals surface area (Å²) in [6, 6.07) is -1.45. The van der Waals surface area contributed by atoms with Gasteiger partial charge in [-0.1, -0.05) is 6.92 Å². The van der Waals surface area contributed by atoms with Crippen LogP contribution in [0.4, 0.5) is 0 Å². The summed E-state index contributed by atoms with van der Waals surface area (Å²) in [5.74, 6) is -0.717. The van der Waals surface area contributed by atoms with Crippen LogP contribution in [0.2, 0.25) is 0 Å². The van der Waals surface area contributed by atoms with Crippen LogP contribution in [0.25, 0.3) is 0 Å². The van der Waals surface area contributed by atoms with Gasteiger partial charge in [0, 0.05) is 0 Å². The second-order valence-corrected chi connectivity index (χ2v) is 4.18. The molecule has 0 spiro atoms. The lowest BCUT2D eigenvalue weighted by Crippen LogP contribution is -2.48. The normalized spacial score (nSPS) is 14.3. The molecule has 0 aliphatic carbocycles. The molecule has 0 saturated carbocycles. The van der Waals surface area contributed by atoms with Gasteiger partial charge in [-0.2, -0.15) is 11.8 Å². The van der Waals surface area contributed by atoms with Gasteiger partial charge in [0.25, 0.3) is 0 Å². The Bertz CT molecular complexity index is 223. The first-order valence-corrected chi connectivity index (χ1v) is 6.20. The first-order chi connectivity index (χ1) is 7.02. The molecule has 0 fully saturated rings. The van der Waals surface area contributed by atoms with Crippen LogP contribution >= 0.6 is 11.8 Å². The monoisotopic (exact) mass is 234 g/mol. The van der Waals surface area contributed by atoms with E-state index in [1.165, 1.54) is 0 Å². The molecule has 2 atom stereocenters. The van der Waals surface area contributed by atoms with Gasteiger partial charge in [-0.05, 0) is 24.9 Å². The third kappa shape index (κ3) is 5.64. The maximum atomic E-state index is 11.3. The van der Waals surface area contributed by atoms with E-state index in [0.29, 0.717) is 18.6 Å². The van der Waals surface area contributed by atoms with E-state index < -0.39 is 24.0 Å². The van der Waals surface area contributed by atoms with Gasteiger partial charge in [0.05, 0.1) is 6.04 Å². The van der Waals surface area contributed by atoms with Gasteiger partial charge in [-0.15, -0.1) is 0 Å². The summed E-state index contributed by atoms with van der Waals surface area (Å²) >= 11 is 1.54. The number of amides is 1. The van der Waals surface area contributed by atoms with Crippen molar-refractivity contribution < 1.29 is 14.7 Å². The lowest BCUT2D eigenvalue weighted by molar-refractivity contribution is -0.142. The van der Waals surface area contributed by atoms with E-state index >= 15 is 0 Å². The molecule has 88 valence electrons. The third-order valence-electron chi connectivity index (χ3n) is 2.00. The number of carboxylic acids is 1. The smallest absolute Gasteiger partial charge is 0.326 e. The molecule has 0 rings (SSSR count). The first kappa shape index (κ1) is 14.2. The predicted octanol–water partition coefficient (Wildman–Crippen LogP) is 0.0462. The van der Waals surface area contributed by atoms with E-state index in [1.54, 1.807) is 18.7 Å². The summed E-state index contributed by atoms with van der Waals surface area (Å²) in [5, 5.41) is 11.3. The van der Waals surface area contributed by atoms with Crippen molar-refractivity contribution in [2.75, 3.05) is 12.0 Å². The van der Waals surface area contributed by atoms with Crippen molar-refractivity contribution in [1.82, 2.24) is 5.32 Å². The average molecular weight is 234 g/mol. The number of carboxylic acid groups (broad SMARTS) is 1. The number of rotatable bonds is 7. The van der Waals surface area contributed by atoms with E-state index in [9.17, 15) is 9.59 Å². The Balaban J connectivity index is 4.16. The predicted molar refractivity (Wildman–Crippen MR) is 60.8 cm³/mol. The number of carbonyl (C=O) groups is 2. The molecule has 6 heteroatoms. The Kier molecular flexibility index (Phi) is 7.15. The summed E-state index contributed by atoms with van der Waals surface area (Å²) in [4.78, 5) is 22.1. The molecule has 0 aliphatic rings. The number of thioether (sulfide) groups is 1. The minimum atomic E-state index is -1.01. The van der Waals surface area contributed by atoms with Crippen molar-refractivity contribution in [3.63, 3.8) is 0 Å². The SMILES string of the molecule is CCC(N)C(=O)N[C@@H](CCSC)C(=O)O. The largest absolute Gasteiger partial charge is 0.480 e. The summed E-state index contributed by atoms with van der Waals surface area (Å²) < 4.78 is 0. The summed E-state index contributed by atoms with van der Waals surface area (Å²) in [5.41, 5.74) is 5.48. The molecule has 0 bridgehead atoms. The minimum absolute atomic E-state index is 0.397. The van der Waals surface area contributed by atoms with Crippen LogP contribution in [-0.2, 0) is 9.59 Å². The molecule has 0 heterocycles. The highest BCUT2D eigenvalue weighted by molar-refractivity contribution is 7.98. The number of nitrogens with two attached hydrogens (primary N) is 1. The number of nitrogens with one attached hydrogen (secondary N) is 1. The molecule has 1 amide bonds. The Morgan fingerprint density at radius 3 is 2.53 bits per heavy atom. The molecule has 0 aromatic heterocycles. The molecular weight excluding hydrogens is 216 g/mol. The number of aliphatic carboxylic acids is 1. The number of carbonyl (C=O) groups excluding carboxylic acids is 1. The highest BCUT2D eigenvalue weighted by atomic mass is 32.2. The van der Waals surface area contributed by atoms with Gasteiger partial charge in [0.2, 0.25) is 5.91 Å². The summed E-state index contributed by atoms with van der Waals surface area (Å²) in [6.07, 6.45) is 2.80. The van der Waals surface area contributed by atoms with Gasteiger partial charge < -0.3 is 16.2 Å². The Labute approximate surface area is 93.8 Å². The molecule has 4 N–H and O–H groups in total. The highest BCUT2D eigenvalue weighted by Gasteiger charge is 2.21. The van der Waals surface area contributed by atoms with E-state index in [-0.39, 0.29) is 0 Å². The average Bonchev–Trinajstić information content (AvgIpc) is 2.22. The first-order valence-electron chi connectivity index (χ1n) is 4.80. The van der Waals surface area contributed by atoms with Gasteiger partial charge >= 0.3 is 5.97 Å². The van der Waals surface area contributed by atoms with Crippen LogP contribution < -0.4 is 11.1 Å². The number of hydrogen-bond acceptors (Lipinski definition) is 4. The quantitative estimate of drug-likeness (QED) is 0.578. The van der Waals surface area contributed by atoms with Crippen molar-refractivity contribution in [2.24, 2.45) is 5.73 Å². The van der Waals surface area contributed by atoms with E-state index in [1.807, 2.05) is 6.26 Å². The maximum Gasteiger partial charge on any atom is 0.326 e. The summed E-state index contributed by atoms with van der Waals surface area (Å²) in [7, 11) is 0.